The fourth-order valence-corrected chi connectivity index (χ4v) is 1.73. The molecular formula is C14H16N2O3. The van der Waals surface area contributed by atoms with Gasteiger partial charge in [0.15, 0.2) is 17.2 Å². The zero-order valence-electron chi connectivity index (χ0n) is 11.1. The van der Waals surface area contributed by atoms with E-state index in [0.29, 0.717) is 5.76 Å². The predicted molar refractivity (Wildman–Crippen MR) is 72.1 cm³/mol. The van der Waals surface area contributed by atoms with E-state index in [2.05, 4.69) is 4.98 Å². The topological polar surface area (TPSA) is 78.4 Å². The number of aromatic nitrogens is 1. The van der Waals surface area contributed by atoms with Gasteiger partial charge in [-0.05, 0) is 38.1 Å². The van der Waals surface area contributed by atoms with Gasteiger partial charge in [0.05, 0.1) is 6.10 Å². The van der Waals surface area contributed by atoms with Gasteiger partial charge >= 0.3 is 0 Å². The van der Waals surface area contributed by atoms with Crippen LogP contribution in [-0.2, 0) is 0 Å². The molecule has 5 nitrogen and oxygen atoms in total. The number of hydrogen-bond donors (Lipinski definition) is 1. The number of carbonyl (C=O) groups excluding carboxylic acids is 1. The van der Waals surface area contributed by atoms with Gasteiger partial charge in [-0.3, -0.25) is 4.79 Å². The largest absolute Gasteiger partial charge is 0.491 e. The molecular weight excluding hydrogens is 244 g/mol. The van der Waals surface area contributed by atoms with Gasteiger partial charge in [0.1, 0.15) is 5.75 Å². The minimum Gasteiger partial charge on any atom is -0.491 e. The summed E-state index contributed by atoms with van der Waals surface area (Å²) in [5.74, 6) is 0.967. The Bertz CT molecular complexity index is 585. The highest BCUT2D eigenvalue weighted by atomic mass is 16.5. The third kappa shape index (κ3) is 2.93. The number of anilines is 1. The average Bonchev–Trinajstić information content (AvgIpc) is 2.72. The number of ketones is 1. The zero-order valence-corrected chi connectivity index (χ0v) is 11.1. The lowest BCUT2D eigenvalue weighted by molar-refractivity contribution is 0.101. The molecule has 0 spiro atoms. The van der Waals surface area contributed by atoms with Crippen molar-refractivity contribution in [1.82, 2.24) is 4.98 Å². The summed E-state index contributed by atoms with van der Waals surface area (Å²) in [6, 6.07) is 7.24. The van der Waals surface area contributed by atoms with Crippen LogP contribution in [0.25, 0.3) is 11.3 Å². The predicted octanol–water partition coefficient (Wildman–Crippen LogP) is 2.91. The maximum Gasteiger partial charge on any atom is 0.293 e. The van der Waals surface area contributed by atoms with Crippen molar-refractivity contribution in [2.45, 2.75) is 26.9 Å². The minimum atomic E-state index is -0.182. The van der Waals surface area contributed by atoms with Crippen molar-refractivity contribution in [3.8, 4) is 17.1 Å². The molecule has 100 valence electrons. The highest BCUT2D eigenvalue weighted by molar-refractivity contribution is 5.98. The van der Waals surface area contributed by atoms with Gasteiger partial charge < -0.3 is 14.9 Å². The van der Waals surface area contributed by atoms with Crippen LogP contribution in [0.5, 0.6) is 5.75 Å². The van der Waals surface area contributed by atoms with Crippen molar-refractivity contribution < 1.29 is 13.9 Å². The molecule has 19 heavy (non-hydrogen) atoms. The molecule has 2 aromatic rings. The van der Waals surface area contributed by atoms with E-state index in [-0.39, 0.29) is 23.6 Å². The van der Waals surface area contributed by atoms with Crippen LogP contribution in [0.3, 0.4) is 0 Å². The van der Waals surface area contributed by atoms with Gasteiger partial charge in [0.25, 0.3) is 6.01 Å². The van der Waals surface area contributed by atoms with Crippen molar-refractivity contribution in [3.63, 3.8) is 0 Å². The van der Waals surface area contributed by atoms with Crippen LogP contribution in [0, 0.1) is 0 Å². The molecule has 1 heterocycles. The van der Waals surface area contributed by atoms with E-state index in [9.17, 15) is 4.79 Å². The Morgan fingerprint density at radius 2 is 1.95 bits per heavy atom. The second-order valence-corrected chi connectivity index (χ2v) is 4.48. The van der Waals surface area contributed by atoms with E-state index in [4.69, 9.17) is 14.9 Å². The van der Waals surface area contributed by atoms with Gasteiger partial charge in [-0.15, -0.1) is 0 Å². The average molecular weight is 260 g/mol. The quantitative estimate of drug-likeness (QED) is 0.855. The van der Waals surface area contributed by atoms with E-state index >= 15 is 0 Å². The van der Waals surface area contributed by atoms with Gasteiger partial charge in [-0.25, -0.2) is 0 Å². The molecule has 2 N–H and O–H groups in total. The van der Waals surface area contributed by atoms with Gasteiger partial charge in [-0.1, -0.05) is 0 Å². The van der Waals surface area contributed by atoms with Crippen molar-refractivity contribution in [1.29, 1.82) is 0 Å². The number of ether oxygens (including phenoxy) is 1. The lowest BCUT2D eigenvalue weighted by Crippen LogP contribution is -2.05. The highest BCUT2D eigenvalue weighted by Gasteiger charge is 2.17. The van der Waals surface area contributed by atoms with Crippen LogP contribution in [0.2, 0.25) is 0 Å². The smallest absolute Gasteiger partial charge is 0.293 e. The van der Waals surface area contributed by atoms with Crippen LogP contribution in [-0.4, -0.2) is 16.9 Å². The molecule has 0 bridgehead atoms. The number of hydrogen-bond acceptors (Lipinski definition) is 5. The fraction of sp³-hybridized carbons (Fsp3) is 0.286. The molecule has 2 rings (SSSR count). The number of carbonyl (C=O) groups is 1. The molecule has 0 amide bonds. The first-order valence-electron chi connectivity index (χ1n) is 6.01. The summed E-state index contributed by atoms with van der Waals surface area (Å²) in [6.07, 6.45) is 0.111. The number of nitrogens with two attached hydrogens (primary N) is 1. The van der Waals surface area contributed by atoms with E-state index < -0.39 is 0 Å². The van der Waals surface area contributed by atoms with Crippen LogP contribution in [0.4, 0.5) is 6.01 Å². The summed E-state index contributed by atoms with van der Waals surface area (Å²) < 4.78 is 10.8. The molecule has 0 aliphatic heterocycles. The van der Waals surface area contributed by atoms with Gasteiger partial charge in [0.2, 0.25) is 0 Å². The first-order chi connectivity index (χ1) is 8.97. The SMILES string of the molecule is CC(=O)c1nc(N)oc1-c1ccc(OC(C)C)cc1. The second-order valence-electron chi connectivity index (χ2n) is 4.48. The summed E-state index contributed by atoms with van der Waals surface area (Å²) in [5.41, 5.74) is 6.48. The van der Waals surface area contributed by atoms with Crippen LogP contribution in [0.15, 0.2) is 28.7 Å². The summed E-state index contributed by atoms with van der Waals surface area (Å²) in [7, 11) is 0. The number of Topliss-reactive ketones (excluding diaryl/α,β-unsaturated/α-hetero) is 1. The fourth-order valence-electron chi connectivity index (χ4n) is 1.73. The van der Waals surface area contributed by atoms with Crippen molar-refractivity contribution in [2.24, 2.45) is 0 Å². The van der Waals surface area contributed by atoms with Gasteiger partial charge in [0, 0.05) is 12.5 Å². The maximum atomic E-state index is 11.5. The van der Waals surface area contributed by atoms with Crippen LogP contribution in [0.1, 0.15) is 31.3 Å². The molecule has 0 aliphatic rings. The van der Waals surface area contributed by atoms with Crippen LogP contribution < -0.4 is 10.5 Å². The summed E-state index contributed by atoms with van der Waals surface area (Å²) in [6.45, 7) is 5.34. The molecule has 0 aliphatic carbocycles. The first kappa shape index (κ1) is 13.1. The Morgan fingerprint density at radius 1 is 1.32 bits per heavy atom. The lowest BCUT2D eigenvalue weighted by Gasteiger charge is -2.09. The van der Waals surface area contributed by atoms with E-state index in [0.717, 1.165) is 11.3 Å². The molecule has 0 radical (unpaired) electrons. The molecule has 0 fully saturated rings. The number of nitrogens with zero attached hydrogens (tertiary/aromatic N) is 1. The van der Waals surface area contributed by atoms with E-state index in [1.807, 2.05) is 38.1 Å². The normalized spacial score (nSPS) is 10.7. The van der Waals surface area contributed by atoms with Crippen molar-refractivity contribution in [2.75, 3.05) is 5.73 Å². The number of oxazole rings is 1. The lowest BCUT2D eigenvalue weighted by atomic mass is 10.1. The Morgan fingerprint density at radius 3 is 2.47 bits per heavy atom. The molecule has 0 unspecified atom stereocenters. The van der Waals surface area contributed by atoms with E-state index in [1.165, 1.54) is 6.92 Å². The Kier molecular flexibility index (Phi) is 3.55. The Labute approximate surface area is 111 Å². The summed E-state index contributed by atoms with van der Waals surface area (Å²) >= 11 is 0. The third-order valence-corrected chi connectivity index (χ3v) is 2.47. The van der Waals surface area contributed by atoms with E-state index in [1.54, 1.807) is 0 Å². The molecule has 5 heteroatoms. The van der Waals surface area contributed by atoms with Crippen molar-refractivity contribution in [3.05, 3.63) is 30.0 Å². The maximum absolute atomic E-state index is 11.5. The minimum absolute atomic E-state index is 0.0114. The Balaban J connectivity index is 2.34. The molecule has 0 saturated carbocycles. The monoisotopic (exact) mass is 260 g/mol. The molecule has 1 aromatic carbocycles. The van der Waals surface area contributed by atoms with Crippen molar-refractivity contribution >= 4 is 11.8 Å². The van der Waals surface area contributed by atoms with Gasteiger partial charge in [-0.2, -0.15) is 4.98 Å². The highest BCUT2D eigenvalue weighted by Crippen LogP contribution is 2.28. The standard InChI is InChI=1S/C14H16N2O3/c1-8(2)18-11-6-4-10(5-7-11)13-12(9(3)17)16-14(15)19-13/h4-8H,1-3H3,(H2,15,16). The molecule has 1 aromatic heterocycles. The van der Waals surface area contributed by atoms with Crippen LogP contribution >= 0.6 is 0 Å². The number of rotatable bonds is 4. The first-order valence-corrected chi connectivity index (χ1v) is 6.01. The number of benzene rings is 1. The zero-order chi connectivity index (χ0) is 14.0. The molecule has 0 saturated heterocycles. The third-order valence-electron chi connectivity index (χ3n) is 2.47. The number of nitrogen functional groups attached to an aromatic ring is 1. The summed E-state index contributed by atoms with van der Waals surface area (Å²) in [5, 5.41) is 0. The Hall–Kier alpha value is -2.30. The molecule has 0 atom stereocenters. The summed E-state index contributed by atoms with van der Waals surface area (Å²) in [4.78, 5) is 15.4. The second kappa shape index (κ2) is 5.14.